The number of hydrogen-bond donors (Lipinski definition) is 2. The molecule has 3 aromatic rings. The van der Waals surface area contributed by atoms with Crippen LogP contribution < -0.4 is 20.1 Å². The van der Waals surface area contributed by atoms with Crippen LogP contribution in [0.4, 0.5) is 0 Å². The minimum atomic E-state index is -0.0299. The molecule has 0 saturated carbocycles. The van der Waals surface area contributed by atoms with Gasteiger partial charge in [-0.25, -0.2) is 0 Å². The second kappa shape index (κ2) is 12.7. The zero-order chi connectivity index (χ0) is 25.3. The van der Waals surface area contributed by atoms with Gasteiger partial charge in [-0.05, 0) is 85.2 Å². The van der Waals surface area contributed by atoms with Crippen LogP contribution in [0.5, 0.6) is 11.5 Å². The largest absolute Gasteiger partial charge is 0.492 e. The lowest BCUT2D eigenvalue weighted by Gasteiger charge is -2.26. The fourth-order valence-corrected chi connectivity index (χ4v) is 4.97. The summed E-state index contributed by atoms with van der Waals surface area (Å²) in [7, 11) is 0. The molecule has 2 N–H and O–H groups in total. The predicted octanol–water partition coefficient (Wildman–Crippen LogP) is 4.70. The zero-order valence-electron chi connectivity index (χ0n) is 21.3. The van der Waals surface area contributed by atoms with E-state index in [4.69, 9.17) is 14.2 Å². The van der Waals surface area contributed by atoms with E-state index < -0.39 is 0 Å². The number of rotatable bonds is 11. The molecule has 1 heterocycles. The Hall–Kier alpha value is -3.35. The molecular weight excluding hydrogens is 464 g/mol. The van der Waals surface area contributed by atoms with E-state index in [0.717, 1.165) is 63.3 Å². The summed E-state index contributed by atoms with van der Waals surface area (Å²) >= 11 is 0. The summed E-state index contributed by atoms with van der Waals surface area (Å²) in [5.41, 5.74) is 4.65. The summed E-state index contributed by atoms with van der Waals surface area (Å²) in [5, 5.41) is 6.68. The lowest BCUT2D eigenvalue weighted by Crippen LogP contribution is -2.38. The van der Waals surface area contributed by atoms with E-state index in [0.29, 0.717) is 18.8 Å². The molecule has 1 aliphatic carbocycles. The average Bonchev–Trinajstić information content (AvgIpc) is 3.46. The van der Waals surface area contributed by atoms with Crippen molar-refractivity contribution in [3.8, 4) is 11.5 Å². The number of carbonyl (C=O) groups excluding carboxylic acids is 1. The third-order valence-corrected chi connectivity index (χ3v) is 7.03. The quantitative estimate of drug-likeness (QED) is 0.374. The van der Waals surface area contributed by atoms with Gasteiger partial charge in [0.05, 0.1) is 6.10 Å². The van der Waals surface area contributed by atoms with E-state index in [-0.39, 0.29) is 18.1 Å². The molecule has 5 rings (SSSR count). The molecule has 0 bridgehead atoms. The third-order valence-electron chi connectivity index (χ3n) is 7.03. The highest BCUT2D eigenvalue weighted by atomic mass is 16.5. The first-order chi connectivity index (χ1) is 18.2. The molecule has 6 heteroatoms. The van der Waals surface area contributed by atoms with Gasteiger partial charge in [0, 0.05) is 31.3 Å². The highest BCUT2D eigenvalue weighted by Crippen LogP contribution is 2.23. The van der Waals surface area contributed by atoms with Gasteiger partial charge in [0.25, 0.3) is 5.91 Å². The van der Waals surface area contributed by atoms with E-state index in [2.05, 4.69) is 28.8 Å². The number of benzene rings is 3. The monoisotopic (exact) mass is 500 g/mol. The maximum Gasteiger partial charge on any atom is 0.251 e. The van der Waals surface area contributed by atoms with Crippen molar-refractivity contribution >= 4 is 5.91 Å². The van der Waals surface area contributed by atoms with E-state index in [1.54, 1.807) is 0 Å². The molecule has 6 nitrogen and oxygen atoms in total. The number of carbonyl (C=O) groups is 1. The van der Waals surface area contributed by atoms with Crippen molar-refractivity contribution in [1.82, 2.24) is 10.6 Å². The van der Waals surface area contributed by atoms with Gasteiger partial charge in [0.15, 0.2) is 0 Å². The van der Waals surface area contributed by atoms with Crippen LogP contribution in [0.15, 0.2) is 72.8 Å². The minimum Gasteiger partial charge on any atom is -0.492 e. The van der Waals surface area contributed by atoms with E-state index in [1.165, 1.54) is 16.7 Å². The lowest BCUT2D eigenvalue weighted by atomic mass is 9.87. The Balaban J connectivity index is 1.04. The van der Waals surface area contributed by atoms with Crippen molar-refractivity contribution in [2.75, 3.05) is 26.4 Å². The molecule has 0 spiro atoms. The van der Waals surface area contributed by atoms with Gasteiger partial charge in [-0.2, -0.15) is 0 Å². The van der Waals surface area contributed by atoms with Gasteiger partial charge in [0.1, 0.15) is 24.7 Å². The van der Waals surface area contributed by atoms with Crippen molar-refractivity contribution in [3.63, 3.8) is 0 Å². The van der Waals surface area contributed by atoms with Crippen molar-refractivity contribution < 1.29 is 19.0 Å². The van der Waals surface area contributed by atoms with Crippen molar-refractivity contribution in [2.45, 2.75) is 50.8 Å². The number of para-hydroxylation sites is 1. The molecule has 2 atom stereocenters. The lowest BCUT2D eigenvalue weighted by molar-refractivity contribution is 0.0679. The van der Waals surface area contributed by atoms with E-state index in [1.807, 2.05) is 54.6 Å². The molecule has 0 unspecified atom stereocenters. The average molecular weight is 501 g/mol. The van der Waals surface area contributed by atoms with E-state index >= 15 is 0 Å². The summed E-state index contributed by atoms with van der Waals surface area (Å²) in [6.07, 6.45) is 5.12. The van der Waals surface area contributed by atoms with Gasteiger partial charge in [-0.1, -0.05) is 36.4 Å². The summed E-state index contributed by atoms with van der Waals surface area (Å²) in [4.78, 5) is 12.8. The van der Waals surface area contributed by atoms with Crippen LogP contribution >= 0.6 is 0 Å². The van der Waals surface area contributed by atoms with Crippen LogP contribution in [0, 0.1) is 0 Å². The summed E-state index contributed by atoms with van der Waals surface area (Å²) < 4.78 is 17.1. The summed E-state index contributed by atoms with van der Waals surface area (Å²) in [5.74, 6) is 1.64. The molecule has 0 radical (unpaired) electrons. The van der Waals surface area contributed by atoms with Gasteiger partial charge in [0.2, 0.25) is 0 Å². The highest BCUT2D eigenvalue weighted by molar-refractivity contribution is 5.94. The third kappa shape index (κ3) is 7.34. The zero-order valence-corrected chi connectivity index (χ0v) is 21.3. The number of aryl methyl sites for hydroxylation is 1. The number of hydrogen-bond acceptors (Lipinski definition) is 5. The number of amides is 1. The molecule has 194 valence electrons. The summed E-state index contributed by atoms with van der Waals surface area (Å²) in [6, 6.07) is 24.1. The van der Waals surface area contributed by atoms with E-state index in [9.17, 15) is 4.79 Å². The van der Waals surface area contributed by atoms with Crippen LogP contribution in [0.2, 0.25) is 0 Å². The second-order valence-corrected chi connectivity index (χ2v) is 9.82. The number of nitrogens with one attached hydrogen (secondary N) is 2. The van der Waals surface area contributed by atoms with Crippen LogP contribution in [-0.2, 0) is 24.1 Å². The molecule has 0 aromatic heterocycles. The van der Waals surface area contributed by atoms with Crippen LogP contribution in [0.25, 0.3) is 0 Å². The van der Waals surface area contributed by atoms with Gasteiger partial charge in [-0.3, -0.25) is 4.79 Å². The molecule has 2 aliphatic rings. The molecule has 1 fully saturated rings. The Morgan fingerprint density at radius 1 is 0.919 bits per heavy atom. The Labute approximate surface area is 219 Å². The first kappa shape index (κ1) is 25.3. The van der Waals surface area contributed by atoms with Crippen molar-refractivity contribution in [2.24, 2.45) is 0 Å². The van der Waals surface area contributed by atoms with Crippen LogP contribution in [0.3, 0.4) is 0 Å². The second-order valence-electron chi connectivity index (χ2n) is 9.82. The normalized spacial score (nSPS) is 18.7. The van der Waals surface area contributed by atoms with Crippen molar-refractivity contribution in [1.29, 1.82) is 0 Å². The SMILES string of the molecule is O=C(N[C@H]1CCc2cc(CNCCOc3ccccc3)ccc2C1)c1ccc(OC[C@@H]2CCCO2)cc1. The fourth-order valence-electron chi connectivity index (χ4n) is 4.97. The Morgan fingerprint density at radius 3 is 2.57 bits per heavy atom. The molecule has 1 aliphatic heterocycles. The van der Waals surface area contributed by atoms with Gasteiger partial charge in [-0.15, -0.1) is 0 Å². The van der Waals surface area contributed by atoms with Crippen molar-refractivity contribution in [3.05, 3.63) is 95.1 Å². The Bertz CT molecular complexity index is 1140. The Morgan fingerprint density at radius 2 is 1.76 bits per heavy atom. The van der Waals surface area contributed by atoms with Crippen LogP contribution in [-0.4, -0.2) is 44.4 Å². The van der Waals surface area contributed by atoms with Crippen LogP contribution in [0.1, 0.15) is 46.3 Å². The van der Waals surface area contributed by atoms with Gasteiger partial charge >= 0.3 is 0 Å². The summed E-state index contributed by atoms with van der Waals surface area (Å²) in [6.45, 7) is 3.64. The maximum atomic E-state index is 12.8. The number of fused-ring (bicyclic) bond motifs is 1. The molecule has 1 amide bonds. The van der Waals surface area contributed by atoms with Gasteiger partial charge < -0.3 is 24.8 Å². The molecular formula is C31H36N2O4. The first-order valence-electron chi connectivity index (χ1n) is 13.4. The predicted molar refractivity (Wildman–Crippen MR) is 144 cm³/mol. The molecule has 3 aromatic carbocycles. The number of ether oxygens (including phenoxy) is 3. The topological polar surface area (TPSA) is 68.8 Å². The molecule has 37 heavy (non-hydrogen) atoms. The smallest absolute Gasteiger partial charge is 0.251 e. The maximum absolute atomic E-state index is 12.8. The minimum absolute atomic E-state index is 0.0299. The standard InChI is InChI=1S/C31H36N2O4/c34-31(24-11-14-29(15-12-24)37-22-30-7-4-17-35-30)33-27-13-10-25-19-23(8-9-26(25)20-27)21-32-16-18-36-28-5-2-1-3-6-28/h1-3,5-6,8-9,11-12,14-15,19,27,30,32H,4,7,10,13,16-18,20-22H2,(H,33,34)/t27-,30-/m0/s1. The molecule has 1 saturated heterocycles. The Kier molecular flexibility index (Phi) is 8.72. The highest BCUT2D eigenvalue weighted by Gasteiger charge is 2.21. The first-order valence-corrected chi connectivity index (χ1v) is 13.4. The fraction of sp³-hybridized carbons (Fsp3) is 0.387.